The van der Waals surface area contributed by atoms with Crippen molar-refractivity contribution >= 4 is 15.9 Å². The van der Waals surface area contributed by atoms with Crippen molar-refractivity contribution in [3.05, 3.63) is 46.8 Å². The third kappa shape index (κ3) is 4.12. The highest BCUT2D eigenvalue weighted by Gasteiger charge is 2.31. The van der Waals surface area contributed by atoms with E-state index in [2.05, 4.69) is 10.5 Å². The first-order valence-corrected chi connectivity index (χ1v) is 9.73. The van der Waals surface area contributed by atoms with Crippen LogP contribution in [0.1, 0.15) is 27.4 Å². The lowest BCUT2D eigenvalue weighted by atomic mass is 9.97. The van der Waals surface area contributed by atoms with Crippen molar-refractivity contribution in [1.29, 1.82) is 0 Å². The molecule has 8 nitrogen and oxygen atoms in total. The van der Waals surface area contributed by atoms with Crippen LogP contribution in [0.15, 0.2) is 33.7 Å². The van der Waals surface area contributed by atoms with Gasteiger partial charge in [0.05, 0.1) is 29.8 Å². The predicted molar refractivity (Wildman–Crippen MR) is 93.1 cm³/mol. The maximum absolute atomic E-state index is 12.7. The molecule has 2 heterocycles. The molecule has 140 valence electrons. The molecule has 0 spiro atoms. The molecule has 0 aliphatic carbocycles. The number of nitrogens with two attached hydrogens (primary N) is 1. The van der Waals surface area contributed by atoms with Crippen LogP contribution < -0.4 is 10.5 Å². The van der Waals surface area contributed by atoms with Gasteiger partial charge in [0.15, 0.2) is 0 Å². The molecule has 1 aliphatic heterocycles. The van der Waals surface area contributed by atoms with Crippen LogP contribution in [0.25, 0.3) is 0 Å². The van der Waals surface area contributed by atoms with Gasteiger partial charge in [0.2, 0.25) is 10.0 Å². The number of hydrogen-bond acceptors (Lipinski definition) is 6. The fourth-order valence-corrected chi connectivity index (χ4v) is 3.54. The molecule has 26 heavy (non-hydrogen) atoms. The summed E-state index contributed by atoms with van der Waals surface area (Å²) in [6, 6.07) is 5.90. The minimum Gasteiger partial charge on any atom is -0.379 e. The molecule has 0 unspecified atom stereocenters. The van der Waals surface area contributed by atoms with Gasteiger partial charge in [-0.25, -0.2) is 13.6 Å². The highest BCUT2D eigenvalue weighted by Crippen LogP contribution is 2.21. The van der Waals surface area contributed by atoms with Crippen molar-refractivity contribution in [2.45, 2.75) is 31.2 Å². The Labute approximate surface area is 151 Å². The SMILES string of the molecule is Cc1cc(C[C@H]2COC[C@H]2NC(=O)c2cc(S(N)(=O)=O)ccc2C)on1. The molecule has 1 aromatic heterocycles. The molecule has 0 radical (unpaired) electrons. The third-order valence-corrected chi connectivity index (χ3v) is 5.35. The zero-order chi connectivity index (χ0) is 18.9. The van der Waals surface area contributed by atoms with Gasteiger partial charge in [0, 0.05) is 24.0 Å². The molecule has 1 aromatic carbocycles. The lowest BCUT2D eigenvalue weighted by Crippen LogP contribution is -2.40. The van der Waals surface area contributed by atoms with Gasteiger partial charge >= 0.3 is 0 Å². The van der Waals surface area contributed by atoms with Crippen LogP contribution >= 0.6 is 0 Å². The van der Waals surface area contributed by atoms with Gasteiger partial charge in [-0.05, 0) is 31.5 Å². The van der Waals surface area contributed by atoms with Crippen LogP contribution in [-0.4, -0.2) is 38.7 Å². The summed E-state index contributed by atoms with van der Waals surface area (Å²) in [4.78, 5) is 12.6. The number of carbonyl (C=O) groups excluding carboxylic acids is 1. The van der Waals surface area contributed by atoms with Gasteiger partial charge in [-0.3, -0.25) is 4.79 Å². The van der Waals surface area contributed by atoms with Crippen molar-refractivity contribution in [3.63, 3.8) is 0 Å². The molecular formula is C17H21N3O5S. The van der Waals surface area contributed by atoms with Crippen LogP contribution in [0, 0.1) is 19.8 Å². The number of benzene rings is 1. The second-order valence-corrected chi connectivity index (χ2v) is 8.10. The van der Waals surface area contributed by atoms with Gasteiger partial charge in [0.1, 0.15) is 5.76 Å². The molecule has 2 aromatic rings. The Morgan fingerprint density at radius 3 is 2.73 bits per heavy atom. The van der Waals surface area contributed by atoms with Gasteiger partial charge < -0.3 is 14.6 Å². The van der Waals surface area contributed by atoms with Crippen molar-refractivity contribution in [2.75, 3.05) is 13.2 Å². The largest absolute Gasteiger partial charge is 0.379 e. The smallest absolute Gasteiger partial charge is 0.251 e. The molecule has 0 bridgehead atoms. The molecule has 1 saturated heterocycles. The normalized spacial score (nSPS) is 20.3. The first-order valence-electron chi connectivity index (χ1n) is 8.18. The van der Waals surface area contributed by atoms with Gasteiger partial charge in [-0.1, -0.05) is 11.2 Å². The first-order chi connectivity index (χ1) is 12.2. The van der Waals surface area contributed by atoms with E-state index in [4.69, 9.17) is 14.4 Å². The average Bonchev–Trinajstić information content (AvgIpc) is 3.16. The Balaban J connectivity index is 1.74. The number of sulfonamides is 1. The Morgan fingerprint density at radius 1 is 1.31 bits per heavy atom. The highest BCUT2D eigenvalue weighted by atomic mass is 32.2. The second-order valence-electron chi connectivity index (χ2n) is 6.54. The zero-order valence-electron chi connectivity index (χ0n) is 14.6. The highest BCUT2D eigenvalue weighted by molar-refractivity contribution is 7.89. The molecule has 3 rings (SSSR count). The van der Waals surface area contributed by atoms with Crippen LogP contribution in [-0.2, 0) is 21.2 Å². The lowest BCUT2D eigenvalue weighted by molar-refractivity contribution is 0.0923. The number of nitrogens with zero attached hydrogens (tertiary/aromatic N) is 1. The van der Waals surface area contributed by atoms with Crippen molar-refractivity contribution < 1.29 is 22.5 Å². The number of hydrogen-bond donors (Lipinski definition) is 2. The fourth-order valence-electron chi connectivity index (χ4n) is 3.00. The summed E-state index contributed by atoms with van der Waals surface area (Å²) in [5.74, 6) is 0.430. The molecule has 0 saturated carbocycles. The van der Waals surface area contributed by atoms with Crippen LogP contribution in [0.3, 0.4) is 0 Å². The monoisotopic (exact) mass is 379 g/mol. The van der Waals surface area contributed by atoms with Crippen molar-refractivity contribution in [1.82, 2.24) is 10.5 Å². The summed E-state index contributed by atoms with van der Waals surface area (Å²) in [7, 11) is -3.88. The van der Waals surface area contributed by atoms with E-state index in [1.54, 1.807) is 13.0 Å². The molecule has 3 N–H and O–H groups in total. The standard InChI is InChI=1S/C17H21N3O5S/c1-10-3-4-14(26(18,22)23)7-15(10)17(21)19-16-9-24-8-12(16)6-13-5-11(2)20-25-13/h3-5,7,12,16H,6,8-9H2,1-2H3,(H,19,21)(H2,18,22,23)/t12-,16+/m0/s1. The predicted octanol–water partition coefficient (Wildman–Crippen LogP) is 0.926. The van der Waals surface area contributed by atoms with Crippen LogP contribution in [0.2, 0.25) is 0 Å². The lowest BCUT2D eigenvalue weighted by Gasteiger charge is -2.19. The molecular weight excluding hydrogens is 358 g/mol. The van der Waals surface area contributed by atoms with E-state index in [0.29, 0.717) is 25.2 Å². The Kier molecular flexibility index (Phi) is 5.12. The Morgan fingerprint density at radius 2 is 2.08 bits per heavy atom. The van der Waals surface area contributed by atoms with E-state index in [1.165, 1.54) is 12.1 Å². The van der Waals surface area contributed by atoms with Crippen molar-refractivity contribution in [2.24, 2.45) is 11.1 Å². The van der Waals surface area contributed by atoms with E-state index in [0.717, 1.165) is 11.5 Å². The summed E-state index contributed by atoms with van der Waals surface area (Å²) >= 11 is 0. The van der Waals surface area contributed by atoms with Crippen LogP contribution in [0.4, 0.5) is 0 Å². The Bertz CT molecular complexity index is 922. The van der Waals surface area contributed by atoms with Gasteiger partial charge in [-0.2, -0.15) is 0 Å². The summed E-state index contributed by atoms with van der Waals surface area (Å²) in [5.41, 5.74) is 1.74. The molecule has 2 atom stereocenters. The number of ether oxygens (including phenoxy) is 1. The molecule has 1 fully saturated rings. The minimum atomic E-state index is -3.88. The molecule has 1 amide bonds. The van der Waals surface area contributed by atoms with Gasteiger partial charge in [-0.15, -0.1) is 0 Å². The van der Waals surface area contributed by atoms with E-state index < -0.39 is 10.0 Å². The molecule has 1 aliphatic rings. The third-order valence-electron chi connectivity index (χ3n) is 4.44. The van der Waals surface area contributed by atoms with E-state index in [9.17, 15) is 13.2 Å². The topological polar surface area (TPSA) is 125 Å². The number of rotatable bonds is 5. The molecule has 9 heteroatoms. The zero-order valence-corrected chi connectivity index (χ0v) is 15.4. The quantitative estimate of drug-likeness (QED) is 0.796. The number of aryl methyl sites for hydroxylation is 2. The summed E-state index contributed by atoms with van der Waals surface area (Å²) in [6.07, 6.45) is 0.599. The number of carbonyl (C=O) groups is 1. The summed E-state index contributed by atoms with van der Waals surface area (Å²) in [6.45, 7) is 4.47. The number of amides is 1. The summed E-state index contributed by atoms with van der Waals surface area (Å²) in [5, 5.41) is 11.9. The van der Waals surface area contributed by atoms with Crippen molar-refractivity contribution in [3.8, 4) is 0 Å². The number of nitrogens with one attached hydrogen (secondary N) is 1. The van der Waals surface area contributed by atoms with E-state index in [1.807, 2.05) is 13.0 Å². The van der Waals surface area contributed by atoms with E-state index >= 15 is 0 Å². The maximum Gasteiger partial charge on any atom is 0.251 e. The van der Waals surface area contributed by atoms with Crippen LogP contribution in [0.5, 0.6) is 0 Å². The number of aromatic nitrogens is 1. The second kappa shape index (κ2) is 7.18. The summed E-state index contributed by atoms with van der Waals surface area (Å²) < 4.78 is 33.8. The Hall–Kier alpha value is -2.23. The fraction of sp³-hybridized carbons (Fsp3) is 0.412. The average molecular weight is 379 g/mol. The maximum atomic E-state index is 12.7. The first kappa shape index (κ1) is 18.6. The van der Waals surface area contributed by atoms with Gasteiger partial charge in [0.25, 0.3) is 5.91 Å². The number of primary sulfonamides is 1. The minimum absolute atomic E-state index is 0.0491. The van der Waals surface area contributed by atoms with E-state index in [-0.39, 0.29) is 28.3 Å².